The van der Waals surface area contributed by atoms with Crippen molar-refractivity contribution in [2.24, 2.45) is 0 Å². The van der Waals surface area contributed by atoms with Crippen molar-refractivity contribution in [3.8, 4) is 5.75 Å². The van der Waals surface area contributed by atoms with Crippen LogP contribution in [0.1, 0.15) is 51.0 Å². The lowest BCUT2D eigenvalue weighted by molar-refractivity contribution is -0.142. The van der Waals surface area contributed by atoms with Gasteiger partial charge in [-0.15, -0.1) is 0 Å². The first-order chi connectivity index (χ1) is 10.5. The lowest BCUT2D eigenvalue weighted by Gasteiger charge is -2.17. The van der Waals surface area contributed by atoms with Crippen molar-refractivity contribution in [3.63, 3.8) is 0 Å². The summed E-state index contributed by atoms with van der Waals surface area (Å²) >= 11 is 0. The van der Waals surface area contributed by atoms with E-state index in [1.54, 1.807) is 7.11 Å². The molecule has 0 aliphatic carbocycles. The van der Waals surface area contributed by atoms with Gasteiger partial charge in [-0.05, 0) is 30.0 Å². The standard InChI is InChI=1S/C17H25NO4/c1-4-5-9-15(17(20)21)18-16(19)10-12(2)13-7-6-8-14(11-13)22-3/h6-8,11-12,15H,4-5,9-10H2,1-3H3,(H,18,19)(H,20,21)/t12?,15-/m0/s1. The number of hydrogen-bond donors (Lipinski definition) is 2. The van der Waals surface area contributed by atoms with E-state index in [1.165, 1.54) is 0 Å². The largest absolute Gasteiger partial charge is 0.497 e. The molecule has 1 unspecified atom stereocenters. The number of hydrogen-bond acceptors (Lipinski definition) is 3. The Morgan fingerprint density at radius 1 is 1.36 bits per heavy atom. The van der Waals surface area contributed by atoms with Crippen LogP contribution in [0.3, 0.4) is 0 Å². The zero-order chi connectivity index (χ0) is 16.5. The number of carbonyl (C=O) groups excluding carboxylic acids is 1. The Balaban J connectivity index is 2.60. The Hall–Kier alpha value is -2.04. The van der Waals surface area contributed by atoms with Crippen molar-refractivity contribution in [1.29, 1.82) is 0 Å². The molecule has 0 saturated heterocycles. The Morgan fingerprint density at radius 2 is 2.09 bits per heavy atom. The normalized spacial score (nSPS) is 13.2. The zero-order valence-corrected chi connectivity index (χ0v) is 13.5. The molecule has 5 nitrogen and oxygen atoms in total. The van der Waals surface area contributed by atoms with Gasteiger partial charge in [0.2, 0.25) is 5.91 Å². The average Bonchev–Trinajstić information content (AvgIpc) is 2.51. The number of carboxylic acid groups (broad SMARTS) is 1. The number of methoxy groups -OCH3 is 1. The maximum Gasteiger partial charge on any atom is 0.326 e. The molecule has 2 N–H and O–H groups in total. The van der Waals surface area contributed by atoms with Gasteiger partial charge in [0.1, 0.15) is 11.8 Å². The number of benzene rings is 1. The Morgan fingerprint density at radius 3 is 2.68 bits per heavy atom. The van der Waals surface area contributed by atoms with Crippen molar-refractivity contribution >= 4 is 11.9 Å². The molecule has 0 radical (unpaired) electrons. The summed E-state index contributed by atoms with van der Waals surface area (Å²) in [6.45, 7) is 3.93. The minimum absolute atomic E-state index is 0.00396. The average molecular weight is 307 g/mol. The molecule has 0 aromatic heterocycles. The highest BCUT2D eigenvalue weighted by molar-refractivity contribution is 5.83. The maximum atomic E-state index is 12.1. The fourth-order valence-corrected chi connectivity index (χ4v) is 2.26. The predicted octanol–water partition coefficient (Wildman–Crippen LogP) is 2.95. The van der Waals surface area contributed by atoms with Gasteiger partial charge in [0.15, 0.2) is 0 Å². The van der Waals surface area contributed by atoms with Crippen LogP contribution in [0.4, 0.5) is 0 Å². The first-order valence-electron chi connectivity index (χ1n) is 7.64. The number of aliphatic carboxylic acids is 1. The molecule has 0 bridgehead atoms. The Labute approximate surface area is 131 Å². The van der Waals surface area contributed by atoms with Gasteiger partial charge < -0.3 is 15.2 Å². The second-order valence-corrected chi connectivity index (χ2v) is 5.48. The van der Waals surface area contributed by atoms with Crippen LogP contribution in [-0.2, 0) is 9.59 Å². The molecule has 0 saturated carbocycles. The molecular weight excluding hydrogens is 282 g/mol. The third-order valence-electron chi connectivity index (χ3n) is 3.63. The van der Waals surface area contributed by atoms with Crippen LogP contribution in [0.25, 0.3) is 0 Å². The highest BCUT2D eigenvalue weighted by Crippen LogP contribution is 2.23. The fraction of sp³-hybridized carbons (Fsp3) is 0.529. The van der Waals surface area contributed by atoms with Crippen LogP contribution >= 0.6 is 0 Å². The van der Waals surface area contributed by atoms with Gasteiger partial charge in [-0.1, -0.05) is 38.8 Å². The van der Waals surface area contributed by atoms with E-state index in [0.29, 0.717) is 6.42 Å². The van der Waals surface area contributed by atoms with E-state index in [0.717, 1.165) is 24.2 Å². The molecule has 1 aromatic carbocycles. The quantitative estimate of drug-likeness (QED) is 0.735. The summed E-state index contributed by atoms with van der Waals surface area (Å²) in [7, 11) is 1.60. The monoisotopic (exact) mass is 307 g/mol. The van der Waals surface area contributed by atoms with Crippen molar-refractivity contribution in [2.75, 3.05) is 7.11 Å². The van der Waals surface area contributed by atoms with Crippen molar-refractivity contribution in [2.45, 2.75) is 51.5 Å². The maximum absolute atomic E-state index is 12.1. The van der Waals surface area contributed by atoms with Crippen molar-refractivity contribution in [1.82, 2.24) is 5.32 Å². The molecule has 0 heterocycles. The van der Waals surface area contributed by atoms with E-state index < -0.39 is 12.0 Å². The predicted molar refractivity (Wildman–Crippen MR) is 85.1 cm³/mol. The van der Waals surface area contributed by atoms with Gasteiger partial charge in [0.25, 0.3) is 0 Å². The fourth-order valence-electron chi connectivity index (χ4n) is 2.26. The summed E-state index contributed by atoms with van der Waals surface area (Å²) in [5, 5.41) is 11.7. The van der Waals surface area contributed by atoms with Gasteiger partial charge >= 0.3 is 5.97 Å². The van der Waals surface area contributed by atoms with Gasteiger partial charge in [-0.25, -0.2) is 4.79 Å². The minimum atomic E-state index is -0.976. The van der Waals surface area contributed by atoms with Crippen LogP contribution in [0.2, 0.25) is 0 Å². The SMILES string of the molecule is CCCC[C@H](NC(=O)CC(C)c1cccc(OC)c1)C(=O)O. The summed E-state index contributed by atoms with van der Waals surface area (Å²) in [5.41, 5.74) is 0.995. The van der Waals surface area contributed by atoms with E-state index in [1.807, 2.05) is 38.1 Å². The summed E-state index contributed by atoms with van der Waals surface area (Å²) < 4.78 is 5.17. The molecule has 122 valence electrons. The van der Waals surface area contributed by atoms with Crippen LogP contribution in [-0.4, -0.2) is 30.1 Å². The van der Waals surface area contributed by atoms with E-state index in [4.69, 9.17) is 9.84 Å². The number of carbonyl (C=O) groups is 2. The first kappa shape index (κ1) is 18.0. The molecule has 2 atom stereocenters. The molecule has 1 aromatic rings. The Kier molecular flexibility index (Phi) is 7.43. The van der Waals surface area contributed by atoms with Crippen LogP contribution in [0.15, 0.2) is 24.3 Å². The topological polar surface area (TPSA) is 75.6 Å². The molecular formula is C17H25NO4. The van der Waals surface area contributed by atoms with Crippen LogP contribution in [0, 0.1) is 0 Å². The van der Waals surface area contributed by atoms with Gasteiger partial charge in [-0.2, -0.15) is 0 Å². The highest BCUT2D eigenvalue weighted by atomic mass is 16.5. The molecule has 0 spiro atoms. The van der Waals surface area contributed by atoms with Crippen molar-refractivity contribution in [3.05, 3.63) is 29.8 Å². The second-order valence-electron chi connectivity index (χ2n) is 5.48. The van der Waals surface area contributed by atoms with E-state index in [2.05, 4.69) is 5.32 Å². The van der Waals surface area contributed by atoms with Gasteiger partial charge in [0.05, 0.1) is 7.11 Å². The first-order valence-corrected chi connectivity index (χ1v) is 7.64. The summed E-state index contributed by atoms with van der Waals surface area (Å²) in [4.78, 5) is 23.2. The van der Waals surface area contributed by atoms with E-state index >= 15 is 0 Å². The molecule has 1 rings (SSSR count). The second kappa shape index (κ2) is 9.07. The smallest absolute Gasteiger partial charge is 0.326 e. The number of unbranched alkanes of at least 4 members (excludes halogenated alkanes) is 1. The molecule has 5 heteroatoms. The molecule has 0 fully saturated rings. The van der Waals surface area contributed by atoms with Gasteiger partial charge in [-0.3, -0.25) is 4.79 Å². The summed E-state index contributed by atoms with van der Waals surface area (Å²) in [5.74, 6) is -0.471. The lowest BCUT2D eigenvalue weighted by Crippen LogP contribution is -2.41. The molecule has 0 aliphatic heterocycles. The van der Waals surface area contributed by atoms with Crippen molar-refractivity contribution < 1.29 is 19.4 Å². The third kappa shape index (κ3) is 5.76. The molecule has 0 aliphatic rings. The zero-order valence-electron chi connectivity index (χ0n) is 13.5. The number of amides is 1. The number of nitrogens with one attached hydrogen (secondary N) is 1. The Bertz CT molecular complexity index is 501. The van der Waals surface area contributed by atoms with Gasteiger partial charge in [0, 0.05) is 6.42 Å². The molecule has 1 amide bonds. The van der Waals surface area contributed by atoms with Crippen LogP contribution < -0.4 is 10.1 Å². The van der Waals surface area contributed by atoms with E-state index in [-0.39, 0.29) is 18.2 Å². The summed E-state index contributed by atoms with van der Waals surface area (Å²) in [6, 6.07) is 6.76. The number of rotatable bonds is 9. The van der Waals surface area contributed by atoms with Crippen LogP contribution in [0.5, 0.6) is 5.75 Å². The van der Waals surface area contributed by atoms with E-state index in [9.17, 15) is 9.59 Å². The third-order valence-corrected chi connectivity index (χ3v) is 3.63. The number of carboxylic acids is 1. The number of ether oxygens (including phenoxy) is 1. The molecule has 22 heavy (non-hydrogen) atoms. The lowest BCUT2D eigenvalue weighted by atomic mass is 9.97. The minimum Gasteiger partial charge on any atom is -0.497 e. The highest BCUT2D eigenvalue weighted by Gasteiger charge is 2.20. The summed E-state index contributed by atoms with van der Waals surface area (Å²) in [6.07, 6.45) is 2.40.